The molecular weight excluding hydrogens is 326 g/mol. The summed E-state index contributed by atoms with van der Waals surface area (Å²) in [7, 11) is 0. The number of hydrogen-bond acceptors (Lipinski definition) is 3. The Labute approximate surface area is 153 Å². The first-order valence-electron chi connectivity index (χ1n) is 9.00. The van der Waals surface area contributed by atoms with Crippen LogP contribution in [0.1, 0.15) is 66.7 Å². The smallest absolute Gasteiger partial charge is 0.239 e. The van der Waals surface area contributed by atoms with E-state index < -0.39 is 6.04 Å². The van der Waals surface area contributed by atoms with Gasteiger partial charge in [0, 0.05) is 6.04 Å². The van der Waals surface area contributed by atoms with Gasteiger partial charge in [0.2, 0.25) is 11.8 Å². The fourth-order valence-electron chi connectivity index (χ4n) is 3.17. The Morgan fingerprint density at radius 2 is 1.71 bits per heavy atom. The van der Waals surface area contributed by atoms with Crippen molar-refractivity contribution in [2.24, 2.45) is 23.0 Å². The molecule has 0 heterocycles. The number of carbonyl (C=O) groups excluding carboxylic acids is 2. The number of nitrogens with two attached hydrogens (primary N) is 1. The van der Waals surface area contributed by atoms with Crippen molar-refractivity contribution in [2.45, 2.75) is 78.8 Å². The number of carbonyl (C=O) groups is 2. The van der Waals surface area contributed by atoms with Gasteiger partial charge >= 0.3 is 0 Å². The van der Waals surface area contributed by atoms with Crippen LogP contribution >= 0.6 is 12.4 Å². The molecule has 0 aromatic rings. The van der Waals surface area contributed by atoms with Crippen molar-refractivity contribution >= 4 is 24.2 Å². The lowest BCUT2D eigenvalue weighted by atomic mass is 9.69. The van der Waals surface area contributed by atoms with Crippen LogP contribution in [0.15, 0.2) is 0 Å². The first-order chi connectivity index (χ1) is 10.7. The molecule has 24 heavy (non-hydrogen) atoms. The maximum absolute atomic E-state index is 12.0. The first kappa shape index (κ1) is 23.2. The third-order valence-corrected chi connectivity index (χ3v) is 5.55. The fourth-order valence-corrected chi connectivity index (χ4v) is 3.17. The first-order valence-corrected chi connectivity index (χ1v) is 9.00. The van der Waals surface area contributed by atoms with Crippen molar-refractivity contribution in [3.63, 3.8) is 0 Å². The summed E-state index contributed by atoms with van der Waals surface area (Å²) in [6, 6.07) is -0.323. The molecule has 0 saturated heterocycles. The van der Waals surface area contributed by atoms with E-state index in [1.54, 1.807) is 0 Å². The molecule has 1 saturated carbocycles. The van der Waals surface area contributed by atoms with E-state index in [0.717, 1.165) is 31.6 Å². The van der Waals surface area contributed by atoms with Crippen LogP contribution in [0.5, 0.6) is 0 Å². The molecule has 0 radical (unpaired) electrons. The molecule has 1 aliphatic carbocycles. The molecule has 6 heteroatoms. The van der Waals surface area contributed by atoms with Crippen LogP contribution in [0.2, 0.25) is 0 Å². The maximum Gasteiger partial charge on any atom is 0.239 e. The molecule has 0 unspecified atom stereocenters. The van der Waals surface area contributed by atoms with E-state index >= 15 is 0 Å². The summed E-state index contributed by atoms with van der Waals surface area (Å²) in [5, 5.41) is 5.66. The minimum atomic E-state index is -0.561. The third-order valence-electron chi connectivity index (χ3n) is 5.55. The van der Waals surface area contributed by atoms with Crippen molar-refractivity contribution in [1.29, 1.82) is 0 Å². The molecular formula is C18H36ClN3O2. The van der Waals surface area contributed by atoms with Crippen LogP contribution in [-0.2, 0) is 9.59 Å². The second-order valence-electron chi connectivity index (χ2n) is 7.95. The molecule has 0 bridgehead atoms. The maximum atomic E-state index is 12.0. The average molecular weight is 362 g/mol. The van der Waals surface area contributed by atoms with Crippen molar-refractivity contribution in [2.75, 3.05) is 6.54 Å². The quantitative estimate of drug-likeness (QED) is 0.651. The van der Waals surface area contributed by atoms with Crippen molar-refractivity contribution in [1.82, 2.24) is 10.6 Å². The van der Waals surface area contributed by atoms with Gasteiger partial charge < -0.3 is 16.4 Å². The van der Waals surface area contributed by atoms with Crippen LogP contribution in [0.4, 0.5) is 0 Å². The lowest BCUT2D eigenvalue weighted by Gasteiger charge is -2.39. The molecule has 1 fully saturated rings. The van der Waals surface area contributed by atoms with Crippen molar-refractivity contribution in [3.8, 4) is 0 Å². The minimum absolute atomic E-state index is 0. The van der Waals surface area contributed by atoms with E-state index in [-0.39, 0.29) is 42.7 Å². The highest BCUT2D eigenvalue weighted by Crippen LogP contribution is 2.40. The minimum Gasteiger partial charge on any atom is -0.352 e. The van der Waals surface area contributed by atoms with Gasteiger partial charge in [-0.25, -0.2) is 0 Å². The second-order valence-corrected chi connectivity index (χ2v) is 7.95. The van der Waals surface area contributed by atoms with Crippen LogP contribution in [0.3, 0.4) is 0 Å². The lowest BCUT2D eigenvalue weighted by Crippen LogP contribution is -2.49. The summed E-state index contributed by atoms with van der Waals surface area (Å²) in [6.07, 6.45) is 5.57. The summed E-state index contributed by atoms with van der Waals surface area (Å²) in [6.45, 7) is 10.7. The van der Waals surface area contributed by atoms with Gasteiger partial charge in [-0.3, -0.25) is 9.59 Å². The predicted molar refractivity (Wildman–Crippen MR) is 101 cm³/mol. The average Bonchev–Trinajstić information content (AvgIpc) is 2.52. The summed E-state index contributed by atoms with van der Waals surface area (Å²) in [5.74, 6) is 0.427. The molecule has 1 rings (SSSR count). The van der Waals surface area contributed by atoms with E-state index in [2.05, 4.69) is 31.4 Å². The third kappa shape index (κ3) is 6.98. The molecule has 2 amide bonds. The van der Waals surface area contributed by atoms with Crippen molar-refractivity contribution in [3.05, 3.63) is 0 Å². The van der Waals surface area contributed by atoms with Gasteiger partial charge in [-0.2, -0.15) is 0 Å². The Morgan fingerprint density at radius 1 is 1.17 bits per heavy atom. The lowest BCUT2D eigenvalue weighted by molar-refractivity contribution is -0.127. The zero-order valence-electron chi connectivity index (χ0n) is 15.9. The molecule has 5 nitrogen and oxygen atoms in total. The highest BCUT2D eigenvalue weighted by Gasteiger charge is 2.32. The van der Waals surface area contributed by atoms with Gasteiger partial charge in [0.05, 0.1) is 12.6 Å². The van der Waals surface area contributed by atoms with Gasteiger partial charge in [-0.1, -0.05) is 41.0 Å². The molecule has 142 valence electrons. The number of nitrogens with one attached hydrogen (secondary N) is 2. The standard InChI is InChI=1S/C18H35N3O2.ClH/c1-6-18(4,5)13-7-9-14(10-8-13)21-15(22)11-20-17(23)16(19)12(2)3;/h12-14,16H,6-11,19H2,1-5H3,(H,20,23)(H,21,22);1H/t13?,14?,16-;/m0./s1. The number of hydrogen-bond donors (Lipinski definition) is 3. The highest BCUT2D eigenvalue weighted by molar-refractivity contribution is 5.87. The van der Waals surface area contributed by atoms with Crippen LogP contribution < -0.4 is 16.4 Å². The summed E-state index contributed by atoms with van der Waals surface area (Å²) in [4.78, 5) is 23.7. The Bertz CT molecular complexity index is 405. The Morgan fingerprint density at radius 3 is 2.17 bits per heavy atom. The molecule has 0 aromatic heterocycles. The Balaban J connectivity index is 0.00000529. The molecule has 4 N–H and O–H groups in total. The fraction of sp³-hybridized carbons (Fsp3) is 0.889. The number of halogens is 1. The van der Waals surface area contributed by atoms with Crippen LogP contribution in [-0.4, -0.2) is 30.4 Å². The topological polar surface area (TPSA) is 84.2 Å². The summed E-state index contributed by atoms with van der Waals surface area (Å²) in [5.41, 5.74) is 6.14. The Kier molecular flexibility index (Phi) is 9.90. The zero-order chi connectivity index (χ0) is 17.6. The predicted octanol–water partition coefficient (Wildman–Crippen LogP) is 2.62. The molecule has 1 atom stereocenters. The normalized spacial score (nSPS) is 22.5. The van der Waals surface area contributed by atoms with E-state index in [0.29, 0.717) is 5.41 Å². The van der Waals surface area contributed by atoms with Crippen LogP contribution in [0, 0.1) is 17.3 Å². The Hall–Kier alpha value is -0.810. The second kappa shape index (κ2) is 10.2. The van der Waals surface area contributed by atoms with Gasteiger partial charge in [0.15, 0.2) is 0 Å². The molecule has 0 aromatic carbocycles. The van der Waals surface area contributed by atoms with Gasteiger partial charge in [-0.15, -0.1) is 12.4 Å². The number of amides is 2. The monoisotopic (exact) mass is 361 g/mol. The molecule has 0 aliphatic heterocycles. The molecule has 1 aliphatic rings. The van der Waals surface area contributed by atoms with Gasteiger partial charge in [-0.05, 0) is 42.9 Å². The SMILES string of the molecule is CCC(C)(C)C1CCC(NC(=O)CNC(=O)[C@@H](N)C(C)C)CC1.Cl. The number of rotatable bonds is 7. The van der Waals surface area contributed by atoms with E-state index in [4.69, 9.17) is 5.73 Å². The van der Waals surface area contributed by atoms with Crippen LogP contribution in [0.25, 0.3) is 0 Å². The van der Waals surface area contributed by atoms with E-state index in [9.17, 15) is 9.59 Å². The highest BCUT2D eigenvalue weighted by atomic mass is 35.5. The van der Waals surface area contributed by atoms with Crippen molar-refractivity contribution < 1.29 is 9.59 Å². The van der Waals surface area contributed by atoms with Gasteiger partial charge in [0.1, 0.15) is 0 Å². The molecule has 0 spiro atoms. The zero-order valence-corrected chi connectivity index (χ0v) is 16.7. The van der Waals surface area contributed by atoms with Gasteiger partial charge in [0.25, 0.3) is 0 Å². The summed E-state index contributed by atoms with van der Waals surface area (Å²) < 4.78 is 0. The van der Waals surface area contributed by atoms with E-state index in [1.165, 1.54) is 6.42 Å². The van der Waals surface area contributed by atoms with E-state index in [1.807, 2.05) is 13.8 Å². The largest absolute Gasteiger partial charge is 0.352 e. The summed E-state index contributed by atoms with van der Waals surface area (Å²) >= 11 is 0.